The maximum Gasteiger partial charge on any atom is 0.225 e. The lowest BCUT2D eigenvalue weighted by Gasteiger charge is -2.61. The third-order valence-electron chi connectivity index (χ3n) is 6.40. The highest BCUT2D eigenvalue weighted by Crippen LogP contribution is 2.57. The van der Waals surface area contributed by atoms with Gasteiger partial charge in [0.1, 0.15) is 0 Å². The molecule has 0 aromatic carbocycles. The van der Waals surface area contributed by atoms with Gasteiger partial charge in [0.25, 0.3) is 0 Å². The van der Waals surface area contributed by atoms with Gasteiger partial charge in [-0.1, -0.05) is 20.3 Å². The van der Waals surface area contributed by atoms with Gasteiger partial charge in [-0.05, 0) is 39.5 Å². The van der Waals surface area contributed by atoms with Crippen LogP contribution >= 0.6 is 0 Å². The average Bonchev–Trinajstić information content (AvgIpc) is 2.99. The Hall–Kier alpha value is -1.30. The number of carbonyl (C=O) groups is 1. The number of likely N-dealkylation sites (tertiary alicyclic amines) is 1. The number of rotatable bonds is 6. The lowest BCUT2D eigenvalue weighted by molar-refractivity contribution is -0.168. The molecule has 6 nitrogen and oxygen atoms in total. The molecule has 3 rings (SSSR count). The van der Waals surface area contributed by atoms with Gasteiger partial charge >= 0.3 is 0 Å². The van der Waals surface area contributed by atoms with E-state index in [9.17, 15) is 4.79 Å². The molecule has 0 aromatic rings. The molecule has 2 N–H and O–H groups in total. The summed E-state index contributed by atoms with van der Waals surface area (Å²) in [5.74, 6) is 1.23. The first kappa shape index (κ1) is 19.5. The zero-order valence-electron chi connectivity index (χ0n) is 16.9. The van der Waals surface area contributed by atoms with Gasteiger partial charge in [0.05, 0.1) is 6.10 Å². The fourth-order valence-electron chi connectivity index (χ4n) is 4.73. The maximum atomic E-state index is 12.2. The van der Waals surface area contributed by atoms with Crippen LogP contribution in [0.1, 0.15) is 59.8 Å². The molecule has 1 aliphatic heterocycles. The van der Waals surface area contributed by atoms with Crippen LogP contribution in [0.4, 0.5) is 0 Å². The van der Waals surface area contributed by atoms with E-state index in [-0.39, 0.29) is 17.9 Å². The molecule has 0 bridgehead atoms. The lowest BCUT2D eigenvalue weighted by atomic mass is 9.51. The molecule has 2 aliphatic carbocycles. The summed E-state index contributed by atoms with van der Waals surface area (Å²) in [6.07, 6.45) is 6.29. The number of hydrogen-bond acceptors (Lipinski definition) is 3. The van der Waals surface area contributed by atoms with Crippen molar-refractivity contribution in [2.24, 2.45) is 16.3 Å². The second-order valence-electron chi connectivity index (χ2n) is 8.36. The predicted molar refractivity (Wildman–Crippen MR) is 104 cm³/mol. The van der Waals surface area contributed by atoms with E-state index >= 15 is 0 Å². The highest BCUT2D eigenvalue weighted by molar-refractivity contribution is 5.81. The summed E-state index contributed by atoms with van der Waals surface area (Å²) in [6.45, 7) is 11.3. The largest absolute Gasteiger partial charge is 0.378 e. The molecular formula is C20H36N4O2. The minimum Gasteiger partial charge on any atom is -0.378 e. The van der Waals surface area contributed by atoms with Crippen LogP contribution in [0.2, 0.25) is 0 Å². The molecular weight excluding hydrogens is 328 g/mol. The molecule has 1 heterocycles. The van der Waals surface area contributed by atoms with Gasteiger partial charge in [-0.3, -0.25) is 9.79 Å². The minimum atomic E-state index is 0.0691. The Kier molecular flexibility index (Phi) is 6.10. The molecule has 0 radical (unpaired) electrons. The molecule has 3 aliphatic rings. The standard InChI is InChI=1S/C20H36N4O2/c1-5-21-19(22-15-8-11-24(13-15)18(25)14(3)4)23-16-12-17(26-6-2)20(16)9-7-10-20/h14-17H,5-13H2,1-4H3,(H2,21,22,23). The van der Waals surface area contributed by atoms with Crippen molar-refractivity contribution in [1.29, 1.82) is 0 Å². The van der Waals surface area contributed by atoms with Gasteiger partial charge in [0.15, 0.2) is 5.96 Å². The lowest BCUT2D eigenvalue weighted by Crippen LogP contribution is -2.69. The van der Waals surface area contributed by atoms with E-state index in [1.54, 1.807) is 0 Å². The van der Waals surface area contributed by atoms with Crippen LogP contribution in [0.25, 0.3) is 0 Å². The van der Waals surface area contributed by atoms with Crippen LogP contribution < -0.4 is 10.6 Å². The second kappa shape index (κ2) is 8.15. The molecule has 3 atom stereocenters. The highest BCUT2D eigenvalue weighted by Gasteiger charge is 2.59. The molecule has 26 heavy (non-hydrogen) atoms. The molecule has 1 saturated heterocycles. The van der Waals surface area contributed by atoms with Crippen molar-refractivity contribution >= 4 is 11.9 Å². The fourth-order valence-corrected chi connectivity index (χ4v) is 4.73. The number of hydrogen-bond donors (Lipinski definition) is 2. The van der Waals surface area contributed by atoms with Gasteiger partial charge in [-0.25, -0.2) is 0 Å². The Morgan fingerprint density at radius 1 is 1.31 bits per heavy atom. The number of aliphatic imine (C=N–C) groups is 1. The zero-order valence-corrected chi connectivity index (χ0v) is 16.9. The van der Waals surface area contributed by atoms with E-state index < -0.39 is 0 Å². The molecule has 0 aromatic heterocycles. The quantitative estimate of drug-likeness (QED) is 0.560. The zero-order chi connectivity index (χ0) is 18.7. The number of ether oxygens (including phenoxy) is 1. The van der Waals surface area contributed by atoms with Gasteiger partial charge in [-0.15, -0.1) is 0 Å². The van der Waals surface area contributed by atoms with Crippen LogP contribution in [-0.4, -0.2) is 61.2 Å². The SMILES string of the molecule is CCN=C(NC1CCN(C(=O)C(C)C)C1)NC1CC(OCC)C12CCC2. The van der Waals surface area contributed by atoms with Crippen molar-refractivity contribution in [3.8, 4) is 0 Å². The Morgan fingerprint density at radius 3 is 2.65 bits per heavy atom. The first-order valence-corrected chi connectivity index (χ1v) is 10.5. The van der Waals surface area contributed by atoms with E-state index in [0.717, 1.165) is 45.0 Å². The monoisotopic (exact) mass is 364 g/mol. The Balaban J connectivity index is 1.54. The van der Waals surface area contributed by atoms with Crippen LogP contribution in [-0.2, 0) is 9.53 Å². The van der Waals surface area contributed by atoms with Crippen LogP contribution in [0.5, 0.6) is 0 Å². The van der Waals surface area contributed by atoms with Crippen LogP contribution in [0.15, 0.2) is 4.99 Å². The summed E-state index contributed by atoms with van der Waals surface area (Å²) in [5.41, 5.74) is 0.321. The summed E-state index contributed by atoms with van der Waals surface area (Å²) in [5, 5.41) is 7.26. The topological polar surface area (TPSA) is 66.0 Å². The van der Waals surface area contributed by atoms with Crippen molar-refractivity contribution in [3.05, 3.63) is 0 Å². The van der Waals surface area contributed by atoms with Crippen LogP contribution in [0.3, 0.4) is 0 Å². The molecule has 6 heteroatoms. The minimum absolute atomic E-state index is 0.0691. The first-order chi connectivity index (χ1) is 12.5. The van der Waals surface area contributed by atoms with Crippen molar-refractivity contribution in [2.45, 2.75) is 78.0 Å². The Labute approximate surface area is 158 Å². The summed E-state index contributed by atoms with van der Waals surface area (Å²) in [7, 11) is 0. The van der Waals surface area contributed by atoms with E-state index in [1.165, 1.54) is 19.3 Å². The second-order valence-corrected chi connectivity index (χ2v) is 8.36. The predicted octanol–water partition coefficient (Wildman–Crippen LogP) is 2.15. The van der Waals surface area contributed by atoms with Gasteiger partial charge in [0.2, 0.25) is 5.91 Å². The van der Waals surface area contributed by atoms with Crippen molar-refractivity contribution in [1.82, 2.24) is 15.5 Å². The van der Waals surface area contributed by atoms with E-state index in [4.69, 9.17) is 4.74 Å². The van der Waals surface area contributed by atoms with E-state index in [1.807, 2.05) is 18.7 Å². The summed E-state index contributed by atoms with van der Waals surface area (Å²) >= 11 is 0. The summed E-state index contributed by atoms with van der Waals surface area (Å²) in [4.78, 5) is 18.8. The molecule has 1 spiro atoms. The van der Waals surface area contributed by atoms with Crippen LogP contribution in [0, 0.1) is 11.3 Å². The normalized spacial score (nSPS) is 30.3. The van der Waals surface area contributed by atoms with Crippen molar-refractivity contribution < 1.29 is 9.53 Å². The first-order valence-electron chi connectivity index (χ1n) is 10.5. The fraction of sp³-hybridized carbons (Fsp3) is 0.900. The van der Waals surface area contributed by atoms with Gasteiger partial charge in [0, 0.05) is 49.7 Å². The highest BCUT2D eigenvalue weighted by atomic mass is 16.5. The Morgan fingerprint density at radius 2 is 2.08 bits per heavy atom. The number of nitrogens with one attached hydrogen (secondary N) is 2. The number of amides is 1. The van der Waals surface area contributed by atoms with E-state index in [2.05, 4.69) is 29.5 Å². The number of guanidine groups is 1. The smallest absolute Gasteiger partial charge is 0.225 e. The summed E-state index contributed by atoms with van der Waals surface area (Å²) < 4.78 is 5.96. The average molecular weight is 365 g/mol. The van der Waals surface area contributed by atoms with Crippen molar-refractivity contribution in [2.75, 3.05) is 26.2 Å². The third-order valence-corrected chi connectivity index (χ3v) is 6.40. The molecule has 3 unspecified atom stereocenters. The van der Waals surface area contributed by atoms with Gasteiger partial charge < -0.3 is 20.3 Å². The molecule has 148 valence electrons. The Bertz CT molecular complexity index is 530. The van der Waals surface area contributed by atoms with Crippen molar-refractivity contribution in [3.63, 3.8) is 0 Å². The van der Waals surface area contributed by atoms with Gasteiger partial charge in [-0.2, -0.15) is 0 Å². The number of nitrogens with zero attached hydrogens (tertiary/aromatic N) is 2. The maximum absolute atomic E-state index is 12.2. The third kappa shape index (κ3) is 3.71. The molecule has 1 amide bonds. The van der Waals surface area contributed by atoms with E-state index in [0.29, 0.717) is 17.6 Å². The summed E-state index contributed by atoms with van der Waals surface area (Å²) in [6, 6.07) is 0.746. The molecule has 2 saturated carbocycles. The number of carbonyl (C=O) groups excluding carboxylic acids is 1. The molecule has 3 fully saturated rings.